The van der Waals surface area contributed by atoms with Crippen molar-refractivity contribution in [2.45, 2.75) is 0 Å². The zero-order chi connectivity index (χ0) is 11.6. The first-order chi connectivity index (χ1) is 7.65. The van der Waals surface area contributed by atoms with Crippen LogP contribution in [0.5, 0.6) is 5.75 Å². The summed E-state index contributed by atoms with van der Waals surface area (Å²) in [6.45, 7) is 0.875. The van der Waals surface area contributed by atoms with E-state index >= 15 is 0 Å². The number of hydrogen-bond donors (Lipinski definition) is 1. The highest BCUT2D eigenvalue weighted by atomic mass is 19.1. The molecule has 0 aromatic heterocycles. The monoisotopic (exact) mass is 230 g/mol. The summed E-state index contributed by atoms with van der Waals surface area (Å²) >= 11 is 0. The Kier molecular flexibility index (Phi) is 3.07. The number of aliphatic hydroxyl groups excluding tert-OH is 1. The standard InChI is InChI=1S/C11H12F2O3/c12-8-1-2-10(9(13)3-8)16-7-11(4-14)5-15-6-11/h1-3,14H,4-7H2. The molecule has 1 N–H and O–H groups in total. The van der Waals surface area contributed by atoms with Gasteiger partial charge in [0.25, 0.3) is 0 Å². The minimum absolute atomic E-state index is 0.0128. The van der Waals surface area contributed by atoms with Crippen molar-refractivity contribution in [2.75, 3.05) is 26.4 Å². The second-order valence-electron chi connectivity index (χ2n) is 4.01. The van der Waals surface area contributed by atoms with Crippen molar-refractivity contribution in [3.8, 4) is 5.75 Å². The average Bonchev–Trinajstić information content (AvgIpc) is 2.19. The molecule has 0 aliphatic carbocycles. The van der Waals surface area contributed by atoms with Gasteiger partial charge < -0.3 is 14.6 Å². The van der Waals surface area contributed by atoms with Crippen LogP contribution in [-0.4, -0.2) is 31.5 Å². The van der Waals surface area contributed by atoms with Crippen LogP contribution in [0.2, 0.25) is 0 Å². The van der Waals surface area contributed by atoms with Gasteiger partial charge in [-0.15, -0.1) is 0 Å². The number of ether oxygens (including phenoxy) is 2. The molecule has 1 aromatic rings. The van der Waals surface area contributed by atoms with Gasteiger partial charge in [0.1, 0.15) is 12.4 Å². The van der Waals surface area contributed by atoms with E-state index in [1.165, 1.54) is 6.07 Å². The molecule has 0 amide bonds. The van der Waals surface area contributed by atoms with Crippen molar-refractivity contribution in [3.05, 3.63) is 29.8 Å². The Balaban J connectivity index is 1.99. The summed E-state index contributed by atoms with van der Waals surface area (Å²) in [5, 5.41) is 9.11. The minimum Gasteiger partial charge on any atom is -0.490 e. The van der Waals surface area contributed by atoms with Crippen LogP contribution in [-0.2, 0) is 4.74 Å². The van der Waals surface area contributed by atoms with Crippen LogP contribution in [0, 0.1) is 17.0 Å². The van der Waals surface area contributed by atoms with E-state index in [1.807, 2.05) is 0 Å². The molecule has 5 heteroatoms. The Bertz CT molecular complexity index is 372. The molecule has 0 spiro atoms. The first-order valence-electron chi connectivity index (χ1n) is 4.92. The lowest BCUT2D eigenvalue weighted by molar-refractivity contribution is -0.153. The van der Waals surface area contributed by atoms with Gasteiger partial charge in [0.15, 0.2) is 11.6 Å². The predicted molar refractivity (Wildman–Crippen MR) is 52.2 cm³/mol. The van der Waals surface area contributed by atoms with Crippen molar-refractivity contribution >= 4 is 0 Å². The third-order valence-electron chi connectivity index (χ3n) is 2.58. The van der Waals surface area contributed by atoms with E-state index in [4.69, 9.17) is 14.6 Å². The molecule has 1 aliphatic heterocycles. The van der Waals surface area contributed by atoms with Crippen molar-refractivity contribution in [2.24, 2.45) is 5.41 Å². The van der Waals surface area contributed by atoms with Gasteiger partial charge in [-0.25, -0.2) is 8.78 Å². The highest BCUT2D eigenvalue weighted by Crippen LogP contribution is 2.28. The fourth-order valence-electron chi connectivity index (χ4n) is 1.43. The average molecular weight is 230 g/mol. The zero-order valence-electron chi connectivity index (χ0n) is 8.58. The fourth-order valence-corrected chi connectivity index (χ4v) is 1.43. The van der Waals surface area contributed by atoms with Crippen molar-refractivity contribution < 1.29 is 23.4 Å². The van der Waals surface area contributed by atoms with Crippen molar-refractivity contribution in [1.29, 1.82) is 0 Å². The van der Waals surface area contributed by atoms with Gasteiger partial charge >= 0.3 is 0 Å². The summed E-state index contributed by atoms with van der Waals surface area (Å²) in [7, 11) is 0. The van der Waals surface area contributed by atoms with Crippen LogP contribution >= 0.6 is 0 Å². The quantitative estimate of drug-likeness (QED) is 0.848. The second-order valence-corrected chi connectivity index (χ2v) is 4.01. The van der Waals surface area contributed by atoms with E-state index in [0.717, 1.165) is 12.1 Å². The Morgan fingerprint density at radius 2 is 2.12 bits per heavy atom. The Hall–Kier alpha value is -1.20. The SMILES string of the molecule is OCC1(COc2ccc(F)cc2F)COC1. The number of rotatable bonds is 4. The molecule has 2 rings (SSSR count). The third-order valence-corrected chi connectivity index (χ3v) is 2.58. The lowest BCUT2D eigenvalue weighted by Crippen LogP contribution is -2.50. The largest absolute Gasteiger partial charge is 0.490 e. The molecule has 1 aromatic carbocycles. The molecular weight excluding hydrogens is 218 g/mol. The predicted octanol–water partition coefficient (Wildman–Crippen LogP) is 1.35. The van der Waals surface area contributed by atoms with Crippen LogP contribution in [0.3, 0.4) is 0 Å². The lowest BCUT2D eigenvalue weighted by atomic mass is 9.88. The van der Waals surface area contributed by atoms with E-state index < -0.39 is 17.0 Å². The minimum atomic E-state index is -0.742. The first-order valence-corrected chi connectivity index (χ1v) is 4.92. The summed E-state index contributed by atoms with van der Waals surface area (Å²) < 4.78 is 36.0. The molecule has 1 saturated heterocycles. The first kappa shape index (κ1) is 11.3. The zero-order valence-corrected chi connectivity index (χ0v) is 8.58. The molecule has 3 nitrogen and oxygen atoms in total. The Labute approximate surface area is 91.6 Å². The van der Waals surface area contributed by atoms with Crippen LogP contribution < -0.4 is 4.74 Å². The molecule has 0 unspecified atom stereocenters. The molecule has 88 valence electrons. The highest BCUT2D eigenvalue weighted by molar-refractivity contribution is 5.24. The fraction of sp³-hybridized carbons (Fsp3) is 0.455. The van der Waals surface area contributed by atoms with Crippen LogP contribution in [0.4, 0.5) is 8.78 Å². The normalized spacial score (nSPS) is 17.9. The van der Waals surface area contributed by atoms with E-state index in [9.17, 15) is 8.78 Å². The van der Waals surface area contributed by atoms with Gasteiger partial charge in [0, 0.05) is 6.07 Å². The molecule has 0 radical (unpaired) electrons. The van der Waals surface area contributed by atoms with Crippen molar-refractivity contribution in [3.63, 3.8) is 0 Å². The number of halogens is 2. The van der Waals surface area contributed by atoms with Crippen LogP contribution in [0.15, 0.2) is 18.2 Å². The van der Waals surface area contributed by atoms with Gasteiger partial charge in [0.05, 0.1) is 25.2 Å². The molecule has 1 heterocycles. The second kappa shape index (κ2) is 4.35. The summed E-state index contributed by atoms with van der Waals surface area (Å²) in [6.07, 6.45) is 0. The highest BCUT2D eigenvalue weighted by Gasteiger charge is 2.39. The van der Waals surface area contributed by atoms with Crippen LogP contribution in [0.25, 0.3) is 0 Å². The smallest absolute Gasteiger partial charge is 0.167 e. The number of aliphatic hydroxyl groups is 1. The Morgan fingerprint density at radius 1 is 1.38 bits per heavy atom. The summed E-state index contributed by atoms with van der Waals surface area (Å²) in [5.41, 5.74) is -0.444. The van der Waals surface area contributed by atoms with E-state index in [-0.39, 0.29) is 19.0 Å². The maximum absolute atomic E-state index is 13.2. The summed E-state index contributed by atoms with van der Waals surface area (Å²) in [5.74, 6) is -1.40. The van der Waals surface area contributed by atoms with Crippen LogP contribution in [0.1, 0.15) is 0 Å². The summed E-state index contributed by atoms with van der Waals surface area (Å²) in [4.78, 5) is 0. The lowest BCUT2D eigenvalue weighted by Gasteiger charge is -2.39. The topological polar surface area (TPSA) is 38.7 Å². The third kappa shape index (κ3) is 2.15. The van der Waals surface area contributed by atoms with Gasteiger partial charge in [-0.05, 0) is 12.1 Å². The van der Waals surface area contributed by atoms with E-state index in [1.54, 1.807) is 0 Å². The van der Waals surface area contributed by atoms with Gasteiger partial charge in [-0.1, -0.05) is 0 Å². The maximum atomic E-state index is 13.2. The molecule has 0 saturated carbocycles. The Morgan fingerprint density at radius 3 is 2.62 bits per heavy atom. The molecule has 1 aliphatic rings. The van der Waals surface area contributed by atoms with Crippen molar-refractivity contribution in [1.82, 2.24) is 0 Å². The van der Waals surface area contributed by atoms with Gasteiger partial charge in [-0.3, -0.25) is 0 Å². The maximum Gasteiger partial charge on any atom is 0.167 e. The van der Waals surface area contributed by atoms with E-state index in [2.05, 4.69) is 0 Å². The molecule has 16 heavy (non-hydrogen) atoms. The van der Waals surface area contributed by atoms with E-state index in [0.29, 0.717) is 13.2 Å². The summed E-state index contributed by atoms with van der Waals surface area (Å²) in [6, 6.07) is 3.12. The molecule has 0 bridgehead atoms. The molecular formula is C11H12F2O3. The molecule has 0 atom stereocenters. The van der Waals surface area contributed by atoms with Gasteiger partial charge in [-0.2, -0.15) is 0 Å². The molecule has 1 fully saturated rings. The number of benzene rings is 1. The number of hydrogen-bond acceptors (Lipinski definition) is 3. The van der Waals surface area contributed by atoms with Gasteiger partial charge in [0.2, 0.25) is 0 Å².